The lowest BCUT2D eigenvalue weighted by molar-refractivity contribution is -0.160. The highest BCUT2D eigenvalue weighted by Crippen LogP contribution is 2.33. The van der Waals surface area contributed by atoms with Gasteiger partial charge in [0.25, 0.3) is 0 Å². The van der Waals surface area contributed by atoms with Gasteiger partial charge in [0.2, 0.25) is 0 Å². The molecule has 0 saturated heterocycles. The van der Waals surface area contributed by atoms with Crippen molar-refractivity contribution in [3.63, 3.8) is 0 Å². The number of esters is 1. The van der Waals surface area contributed by atoms with Crippen LogP contribution >= 0.6 is 0 Å². The molecule has 0 atom stereocenters. The van der Waals surface area contributed by atoms with Gasteiger partial charge in [0.1, 0.15) is 6.10 Å². The Kier molecular flexibility index (Phi) is 6.24. The van der Waals surface area contributed by atoms with E-state index < -0.39 is 11.4 Å². The summed E-state index contributed by atoms with van der Waals surface area (Å²) >= 11 is 0. The molecule has 1 N–H and O–H groups in total. The van der Waals surface area contributed by atoms with E-state index in [0.717, 1.165) is 25.7 Å². The van der Waals surface area contributed by atoms with Gasteiger partial charge in [0, 0.05) is 5.57 Å². The van der Waals surface area contributed by atoms with E-state index in [1.165, 1.54) is 13.3 Å². The Morgan fingerprint density at radius 1 is 1.20 bits per heavy atom. The molecule has 0 aromatic rings. The number of hydrogen-bond donors (Lipinski definition) is 1. The summed E-state index contributed by atoms with van der Waals surface area (Å²) in [5, 5.41) is 9.02. The zero-order chi connectivity index (χ0) is 15.2. The molecule has 0 radical (unpaired) electrons. The molecule has 0 aromatic carbocycles. The Bertz CT molecular complexity index is 374. The van der Waals surface area contributed by atoms with Crippen molar-refractivity contribution in [1.82, 2.24) is 0 Å². The summed E-state index contributed by atoms with van der Waals surface area (Å²) in [5.74, 6) is -1.25. The van der Waals surface area contributed by atoms with Crippen LogP contribution < -0.4 is 0 Å². The van der Waals surface area contributed by atoms with Gasteiger partial charge >= 0.3 is 11.9 Å². The number of hydrogen-bond acceptors (Lipinski definition) is 3. The van der Waals surface area contributed by atoms with Crippen molar-refractivity contribution in [2.75, 3.05) is 0 Å². The van der Waals surface area contributed by atoms with Gasteiger partial charge in [-0.05, 0) is 45.4 Å². The van der Waals surface area contributed by atoms with Gasteiger partial charge in [-0.3, -0.25) is 4.79 Å². The number of aliphatic carboxylic acids is 1. The first kappa shape index (κ1) is 16.7. The van der Waals surface area contributed by atoms with Gasteiger partial charge in [0.15, 0.2) is 0 Å². The van der Waals surface area contributed by atoms with Crippen molar-refractivity contribution in [1.29, 1.82) is 0 Å². The molecule has 4 nitrogen and oxygen atoms in total. The summed E-state index contributed by atoms with van der Waals surface area (Å²) in [4.78, 5) is 23.5. The molecule has 0 amide bonds. The van der Waals surface area contributed by atoms with Crippen LogP contribution in [-0.2, 0) is 14.3 Å². The van der Waals surface area contributed by atoms with Gasteiger partial charge in [-0.1, -0.05) is 26.3 Å². The number of rotatable bonds is 6. The molecule has 1 saturated carbocycles. The highest BCUT2D eigenvalue weighted by Gasteiger charge is 2.36. The molecule has 0 aliphatic heterocycles. The van der Waals surface area contributed by atoms with E-state index >= 15 is 0 Å². The molecule has 0 spiro atoms. The molecule has 0 heterocycles. The first-order valence-corrected chi connectivity index (χ1v) is 7.59. The van der Waals surface area contributed by atoms with E-state index in [1.54, 1.807) is 6.08 Å². The molecule has 1 rings (SSSR count). The molecule has 20 heavy (non-hydrogen) atoms. The monoisotopic (exact) mass is 282 g/mol. The van der Waals surface area contributed by atoms with Gasteiger partial charge in [-0.15, -0.1) is 0 Å². The number of carbonyl (C=O) groups excluding carboxylic acids is 1. The Morgan fingerprint density at radius 3 is 2.20 bits per heavy atom. The zero-order valence-corrected chi connectivity index (χ0v) is 12.8. The summed E-state index contributed by atoms with van der Waals surface area (Å²) < 4.78 is 5.64. The topological polar surface area (TPSA) is 63.6 Å². The van der Waals surface area contributed by atoms with E-state index in [9.17, 15) is 9.59 Å². The molecule has 0 aromatic heterocycles. The van der Waals surface area contributed by atoms with E-state index in [2.05, 4.69) is 0 Å². The number of ether oxygens (including phenoxy) is 1. The molecular weight excluding hydrogens is 256 g/mol. The third-order valence-corrected chi connectivity index (χ3v) is 4.32. The van der Waals surface area contributed by atoms with Crippen LogP contribution in [0.25, 0.3) is 0 Å². The third kappa shape index (κ3) is 4.09. The van der Waals surface area contributed by atoms with Crippen molar-refractivity contribution in [3.8, 4) is 0 Å². The van der Waals surface area contributed by atoms with Crippen LogP contribution in [0.4, 0.5) is 0 Å². The van der Waals surface area contributed by atoms with Crippen LogP contribution in [0.2, 0.25) is 0 Å². The lowest BCUT2D eigenvalue weighted by Crippen LogP contribution is -2.34. The zero-order valence-electron chi connectivity index (χ0n) is 12.8. The Balaban J connectivity index is 2.85. The second-order valence-electron chi connectivity index (χ2n) is 5.66. The van der Waals surface area contributed by atoms with Gasteiger partial charge < -0.3 is 9.84 Å². The van der Waals surface area contributed by atoms with Crippen LogP contribution in [0.3, 0.4) is 0 Å². The third-order valence-electron chi connectivity index (χ3n) is 4.32. The average molecular weight is 282 g/mol. The van der Waals surface area contributed by atoms with E-state index in [1.807, 2.05) is 13.8 Å². The smallest absolute Gasteiger partial charge is 0.330 e. The SMILES string of the molecule is CCC(C=C(C)C(=O)O)(CC)C(=O)OC1CCCCC1. The predicted octanol–water partition coefficient (Wildman–Crippen LogP) is 3.70. The lowest BCUT2D eigenvalue weighted by Gasteiger charge is -2.30. The molecule has 4 heteroatoms. The molecule has 0 bridgehead atoms. The number of carbonyl (C=O) groups is 2. The van der Waals surface area contributed by atoms with Crippen molar-refractivity contribution in [2.45, 2.75) is 71.8 Å². The van der Waals surface area contributed by atoms with E-state index in [4.69, 9.17) is 9.84 Å². The van der Waals surface area contributed by atoms with Gasteiger partial charge in [-0.25, -0.2) is 4.79 Å². The Hall–Kier alpha value is -1.32. The minimum Gasteiger partial charge on any atom is -0.478 e. The minimum absolute atomic E-state index is 0.00672. The quantitative estimate of drug-likeness (QED) is 0.596. The van der Waals surface area contributed by atoms with Crippen LogP contribution in [0.5, 0.6) is 0 Å². The van der Waals surface area contributed by atoms with Crippen molar-refractivity contribution >= 4 is 11.9 Å². The van der Waals surface area contributed by atoms with Gasteiger partial charge in [0.05, 0.1) is 5.41 Å². The molecule has 1 fully saturated rings. The highest BCUT2D eigenvalue weighted by molar-refractivity contribution is 5.88. The minimum atomic E-state index is -0.984. The Labute approximate surface area is 121 Å². The molecule has 1 aliphatic rings. The van der Waals surface area contributed by atoms with Crippen molar-refractivity contribution in [2.24, 2.45) is 5.41 Å². The largest absolute Gasteiger partial charge is 0.478 e. The number of carboxylic acid groups (broad SMARTS) is 1. The lowest BCUT2D eigenvalue weighted by atomic mass is 9.80. The molecule has 1 aliphatic carbocycles. The normalized spacial score (nSPS) is 17.9. The maximum absolute atomic E-state index is 12.5. The first-order chi connectivity index (χ1) is 9.45. The number of carboxylic acids is 1. The van der Waals surface area contributed by atoms with E-state index in [0.29, 0.717) is 12.8 Å². The average Bonchev–Trinajstić information content (AvgIpc) is 2.45. The summed E-state index contributed by atoms with van der Waals surface area (Å²) in [7, 11) is 0. The van der Waals surface area contributed by atoms with Crippen LogP contribution in [0.1, 0.15) is 65.7 Å². The van der Waals surface area contributed by atoms with E-state index in [-0.39, 0.29) is 17.6 Å². The second kappa shape index (κ2) is 7.46. The fourth-order valence-corrected chi connectivity index (χ4v) is 2.73. The second-order valence-corrected chi connectivity index (χ2v) is 5.66. The van der Waals surface area contributed by atoms with Crippen LogP contribution in [-0.4, -0.2) is 23.1 Å². The van der Waals surface area contributed by atoms with Crippen molar-refractivity contribution < 1.29 is 19.4 Å². The molecule has 114 valence electrons. The summed E-state index contributed by atoms with van der Waals surface area (Å²) in [6, 6.07) is 0. The van der Waals surface area contributed by atoms with Gasteiger partial charge in [-0.2, -0.15) is 0 Å². The fourth-order valence-electron chi connectivity index (χ4n) is 2.73. The molecule has 0 unspecified atom stereocenters. The summed E-state index contributed by atoms with van der Waals surface area (Å²) in [6.45, 7) is 5.32. The maximum atomic E-state index is 12.5. The van der Waals surface area contributed by atoms with Crippen LogP contribution in [0, 0.1) is 5.41 Å². The molecular formula is C16H26O4. The van der Waals surface area contributed by atoms with Crippen LogP contribution in [0.15, 0.2) is 11.6 Å². The fraction of sp³-hybridized carbons (Fsp3) is 0.750. The highest BCUT2D eigenvalue weighted by atomic mass is 16.5. The predicted molar refractivity (Wildman–Crippen MR) is 77.4 cm³/mol. The van der Waals surface area contributed by atoms with Crippen molar-refractivity contribution in [3.05, 3.63) is 11.6 Å². The maximum Gasteiger partial charge on any atom is 0.330 e. The standard InChI is InChI=1S/C16H26O4/c1-4-16(5-2,11-12(3)14(17)18)15(19)20-13-9-7-6-8-10-13/h11,13H,4-10H2,1-3H3,(H,17,18). The first-order valence-electron chi connectivity index (χ1n) is 7.59. The summed E-state index contributed by atoms with van der Waals surface area (Å²) in [5.41, 5.74) is -0.603. The Morgan fingerprint density at radius 2 is 1.75 bits per heavy atom. The summed E-state index contributed by atoms with van der Waals surface area (Å²) in [6.07, 6.45) is 7.96.